The summed E-state index contributed by atoms with van der Waals surface area (Å²) < 4.78 is 5.31. The van der Waals surface area contributed by atoms with E-state index in [1.54, 1.807) is 11.6 Å². The van der Waals surface area contributed by atoms with Gasteiger partial charge in [0.05, 0.1) is 0 Å². The average Bonchev–Trinajstić information content (AvgIpc) is 2.49. The summed E-state index contributed by atoms with van der Waals surface area (Å²) in [4.78, 5) is 11.7. The summed E-state index contributed by atoms with van der Waals surface area (Å²) in [5.41, 5.74) is 2.41. The molecule has 0 N–H and O–H groups in total. The fraction of sp³-hybridized carbons (Fsp3) is 0.667. The Balaban J connectivity index is 1.97. The minimum atomic E-state index is -0.391. The molecule has 2 aliphatic rings. The molecule has 0 saturated heterocycles. The van der Waals surface area contributed by atoms with E-state index in [0.717, 1.165) is 18.8 Å². The molecule has 0 aromatic carbocycles. The van der Waals surface area contributed by atoms with Crippen LogP contribution < -0.4 is 0 Å². The van der Waals surface area contributed by atoms with Crippen molar-refractivity contribution in [2.75, 3.05) is 0 Å². The molecule has 2 heteroatoms. The van der Waals surface area contributed by atoms with Gasteiger partial charge in [-0.25, -0.2) is 4.79 Å². The molecule has 2 unspecified atom stereocenters. The monoisotopic (exact) mass is 234 g/mol. The van der Waals surface area contributed by atoms with Gasteiger partial charge in [0.1, 0.15) is 5.60 Å². The number of rotatable bonds is 2. The molecule has 2 atom stereocenters. The second-order valence-electron chi connectivity index (χ2n) is 6.13. The van der Waals surface area contributed by atoms with Crippen LogP contribution in [0.3, 0.4) is 0 Å². The molecule has 0 aliphatic heterocycles. The third kappa shape index (κ3) is 2.80. The first kappa shape index (κ1) is 12.4. The van der Waals surface area contributed by atoms with Gasteiger partial charge >= 0.3 is 5.97 Å². The molecule has 0 amide bonds. The summed E-state index contributed by atoms with van der Waals surface area (Å²) in [5, 5.41) is 0. The number of hydrogen-bond acceptors (Lipinski definition) is 2. The molecule has 2 aliphatic carbocycles. The molecule has 0 aromatic heterocycles. The van der Waals surface area contributed by atoms with E-state index < -0.39 is 5.60 Å². The maximum Gasteiger partial charge on any atom is 0.331 e. The van der Waals surface area contributed by atoms with Crippen LogP contribution in [0.1, 0.15) is 47.0 Å². The van der Waals surface area contributed by atoms with Gasteiger partial charge in [0.2, 0.25) is 0 Å². The molecule has 2 rings (SSSR count). The zero-order valence-corrected chi connectivity index (χ0v) is 11.2. The highest BCUT2D eigenvalue weighted by atomic mass is 16.6. The van der Waals surface area contributed by atoms with E-state index in [4.69, 9.17) is 4.74 Å². The van der Waals surface area contributed by atoms with Crippen LogP contribution in [0.5, 0.6) is 0 Å². The minimum absolute atomic E-state index is 0.190. The smallest absolute Gasteiger partial charge is 0.331 e. The zero-order valence-electron chi connectivity index (χ0n) is 11.2. The van der Waals surface area contributed by atoms with Crippen molar-refractivity contribution < 1.29 is 9.53 Å². The maximum atomic E-state index is 11.7. The van der Waals surface area contributed by atoms with Gasteiger partial charge in [-0.05, 0) is 46.0 Å². The van der Waals surface area contributed by atoms with Gasteiger partial charge in [-0.15, -0.1) is 0 Å². The number of carbonyl (C=O) groups excluding carboxylic acids is 1. The summed E-state index contributed by atoms with van der Waals surface area (Å²) >= 11 is 0. The van der Waals surface area contributed by atoms with Gasteiger partial charge in [0, 0.05) is 12.0 Å². The van der Waals surface area contributed by atoms with Gasteiger partial charge in [-0.3, -0.25) is 0 Å². The maximum absolute atomic E-state index is 11.7. The molecule has 0 radical (unpaired) electrons. The lowest BCUT2D eigenvalue weighted by Gasteiger charge is -2.33. The molecule has 1 fully saturated rings. The fourth-order valence-electron chi connectivity index (χ4n) is 2.71. The third-order valence-electron chi connectivity index (χ3n) is 3.54. The van der Waals surface area contributed by atoms with Crippen LogP contribution >= 0.6 is 0 Å². The highest BCUT2D eigenvalue weighted by Crippen LogP contribution is 2.50. The van der Waals surface area contributed by atoms with Crippen LogP contribution in [0.4, 0.5) is 0 Å². The van der Waals surface area contributed by atoms with E-state index in [1.807, 2.05) is 20.8 Å². The Morgan fingerprint density at radius 1 is 1.47 bits per heavy atom. The molecule has 0 bridgehead atoms. The van der Waals surface area contributed by atoms with Crippen molar-refractivity contribution in [3.8, 4) is 0 Å². The lowest BCUT2D eigenvalue weighted by atomic mass is 9.71. The van der Waals surface area contributed by atoms with Crippen molar-refractivity contribution in [3.05, 3.63) is 23.3 Å². The van der Waals surface area contributed by atoms with Crippen LogP contribution in [0.25, 0.3) is 0 Å². The first-order chi connectivity index (χ1) is 7.89. The standard InChI is InChI=1S/C15H22O2/c1-5-10-6-11-8-12(13(11)7-10)9-14(16)17-15(2,3)4/h7,9,11,13H,5-6,8H2,1-4H3/b12-9-. The molecule has 17 heavy (non-hydrogen) atoms. The lowest BCUT2D eigenvalue weighted by molar-refractivity contribution is -0.148. The second-order valence-corrected chi connectivity index (χ2v) is 6.13. The van der Waals surface area contributed by atoms with Crippen molar-refractivity contribution in [3.63, 3.8) is 0 Å². The highest BCUT2D eigenvalue weighted by Gasteiger charge is 2.39. The first-order valence-electron chi connectivity index (χ1n) is 6.52. The first-order valence-corrected chi connectivity index (χ1v) is 6.52. The fourth-order valence-corrected chi connectivity index (χ4v) is 2.71. The van der Waals surface area contributed by atoms with E-state index >= 15 is 0 Å². The van der Waals surface area contributed by atoms with Crippen molar-refractivity contribution in [1.82, 2.24) is 0 Å². The molecular formula is C15H22O2. The zero-order chi connectivity index (χ0) is 12.6. The highest BCUT2D eigenvalue weighted by molar-refractivity contribution is 5.83. The Labute approximate surface area is 104 Å². The number of allylic oxidation sites excluding steroid dienone is 3. The van der Waals surface area contributed by atoms with E-state index in [0.29, 0.717) is 5.92 Å². The molecular weight excluding hydrogens is 212 g/mol. The topological polar surface area (TPSA) is 26.3 Å². The van der Waals surface area contributed by atoms with Crippen molar-refractivity contribution in [1.29, 1.82) is 0 Å². The third-order valence-corrected chi connectivity index (χ3v) is 3.54. The van der Waals surface area contributed by atoms with E-state index in [2.05, 4.69) is 13.0 Å². The molecule has 2 nitrogen and oxygen atoms in total. The number of esters is 1. The van der Waals surface area contributed by atoms with Crippen LogP contribution in [-0.2, 0) is 9.53 Å². The van der Waals surface area contributed by atoms with Crippen LogP contribution in [0, 0.1) is 11.8 Å². The van der Waals surface area contributed by atoms with Crippen molar-refractivity contribution >= 4 is 5.97 Å². The summed E-state index contributed by atoms with van der Waals surface area (Å²) in [6.45, 7) is 7.90. The van der Waals surface area contributed by atoms with Crippen molar-refractivity contribution in [2.24, 2.45) is 11.8 Å². The van der Waals surface area contributed by atoms with Crippen LogP contribution in [0.15, 0.2) is 23.3 Å². The predicted octanol–water partition coefficient (Wildman–Crippen LogP) is 3.63. The molecule has 0 aromatic rings. The summed E-state index contributed by atoms with van der Waals surface area (Å²) in [7, 11) is 0. The van der Waals surface area contributed by atoms with Crippen LogP contribution in [-0.4, -0.2) is 11.6 Å². The van der Waals surface area contributed by atoms with Gasteiger partial charge in [-0.1, -0.05) is 24.1 Å². The normalized spacial score (nSPS) is 29.6. The average molecular weight is 234 g/mol. The van der Waals surface area contributed by atoms with Gasteiger partial charge < -0.3 is 4.74 Å². The number of fused-ring (bicyclic) bond motifs is 1. The van der Waals surface area contributed by atoms with E-state index in [1.165, 1.54) is 12.0 Å². The van der Waals surface area contributed by atoms with Crippen molar-refractivity contribution in [2.45, 2.75) is 52.6 Å². The quantitative estimate of drug-likeness (QED) is 0.414. The SMILES string of the molecule is CCC1=CC2/C(=C\C(=O)OC(C)(C)C)CC2C1. The second kappa shape index (κ2) is 4.32. The molecule has 1 saturated carbocycles. The van der Waals surface area contributed by atoms with Gasteiger partial charge in [0.15, 0.2) is 0 Å². The molecule has 94 valence electrons. The van der Waals surface area contributed by atoms with Gasteiger partial charge in [-0.2, -0.15) is 0 Å². The predicted molar refractivity (Wildman–Crippen MR) is 68.5 cm³/mol. The number of carbonyl (C=O) groups is 1. The Kier molecular flexibility index (Phi) is 3.15. The molecule has 0 heterocycles. The lowest BCUT2D eigenvalue weighted by Crippen LogP contribution is -2.27. The van der Waals surface area contributed by atoms with Gasteiger partial charge in [0.25, 0.3) is 0 Å². The minimum Gasteiger partial charge on any atom is -0.457 e. The molecule has 0 spiro atoms. The summed E-state index contributed by atoms with van der Waals surface area (Å²) in [6.07, 6.45) is 7.51. The summed E-state index contributed by atoms with van der Waals surface area (Å²) in [6, 6.07) is 0. The van der Waals surface area contributed by atoms with Crippen LogP contribution in [0.2, 0.25) is 0 Å². The van der Waals surface area contributed by atoms with E-state index in [9.17, 15) is 4.79 Å². The Morgan fingerprint density at radius 2 is 2.18 bits per heavy atom. The summed E-state index contributed by atoms with van der Waals surface area (Å²) in [5.74, 6) is 1.10. The Hall–Kier alpha value is -1.05. The Morgan fingerprint density at radius 3 is 2.76 bits per heavy atom. The Bertz CT molecular complexity index is 382. The van der Waals surface area contributed by atoms with E-state index in [-0.39, 0.29) is 5.97 Å². The number of hydrogen-bond donors (Lipinski definition) is 0. The number of ether oxygens (including phenoxy) is 1. The largest absolute Gasteiger partial charge is 0.457 e.